The second-order valence-electron chi connectivity index (χ2n) is 5.76. The van der Waals surface area contributed by atoms with Crippen LogP contribution in [0.5, 0.6) is 0 Å². The molecule has 0 saturated carbocycles. The Bertz CT molecular complexity index is 502. The Morgan fingerprint density at radius 1 is 1.27 bits per heavy atom. The highest BCUT2D eigenvalue weighted by molar-refractivity contribution is 5.76. The zero-order chi connectivity index (χ0) is 15.9. The quantitative estimate of drug-likeness (QED) is 0.842. The maximum Gasteiger partial charge on any atom is 0.220 e. The summed E-state index contributed by atoms with van der Waals surface area (Å²) in [7, 11) is 0. The number of nitrogens with zero attached hydrogens (tertiary/aromatic N) is 1. The van der Waals surface area contributed by atoms with Crippen molar-refractivity contribution in [1.29, 1.82) is 0 Å². The fraction of sp³-hybridized carbons (Fsp3) is 0.562. The number of carbonyl (C=O) groups excluding carboxylic acids is 1. The lowest BCUT2D eigenvalue weighted by atomic mass is 10.0. The SMILES string of the molecule is NCCCC(=O)NC1CCN(Cc2ccc(F)c(F)c2)CC1. The molecule has 1 fully saturated rings. The normalized spacial score (nSPS) is 16.7. The predicted molar refractivity (Wildman–Crippen MR) is 81.1 cm³/mol. The monoisotopic (exact) mass is 311 g/mol. The zero-order valence-electron chi connectivity index (χ0n) is 12.7. The molecule has 0 aromatic heterocycles. The number of benzene rings is 1. The maximum absolute atomic E-state index is 13.2. The van der Waals surface area contributed by atoms with Crippen LogP contribution in [0.15, 0.2) is 18.2 Å². The Morgan fingerprint density at radius 2 is 2.00 bits per heavy atom. The second kappa shape index (κ2) is 8.19. The van der Waals surface area contributed by atoms with Crippen molar-refractivity contribution in [1.82, 2.24) is 10.2 Å². The summed E-state index contributed by atoms with van der Waals surface area (Å²) in [5, 5.41) is 3.02. The molecule has 0 bridgehead atoms. The van der Waals surface area contributed by atoms with Gasteiger partial charge in [-0.05, 0) is 43.5 Å². The van der Waals surface area contributed by atoms with Gasteiger partial charge in [0, 0.05) is 32.1 Å². The van der Waals surface area contributed by atoms with Crippen molar-refractivity contribution < 1.29 is 13.6 Å². The molecular weight excluding hydrogens is 288 g/mol. The van der Waals surface area contributed by atoms with E-state index in [1.54, 1.807) is 6.07 Å². The molecule has 2 rings (SSSR count). The van der Waals surface area contributed by atoms with Crippen LogP contribution in [0.25, 0.3) is 0 Å². The number of nitrogens with one attached hydrogen (secondary N) is 1. The minimum atomic E-state index is -0.817. The van der Waals surface area contributed by atoms with E-state index >= 15 is 0 Å². The Labute approximate surface area is 129 Å². The average molecular weight is 311 g/mol. The standard InChI is InChI=1S/C16H23F2N3O/c17-14-4-3-12(10-15(14)18)11-21-8-5-13(6-9-21)20-16(22)2-1-7-19/h3-4,10,13H,1-2,5-9,11,19H2,(H,20,22). The van der Waals surface area contributed by atoms with E-state index in [1.807, 2.05) is 0 Å². The van der Waals surface area contributed by atoms with E-state index in [-0.39, 0.29) is 11.9 Å². The number of amides is 1. The van der Waals surface area contributed by atoms with Gasteiger partial charge in [-0.15, -0.1) is 0 Å². The fourth-order valence-corrected chi connectivity index (χ4v) is 2.69. The van der Waals surface area contributed by atoms with Gasteiger partial charge in [0.05, 0.1) is 0 Å². The third-order valence-corrected chi connectivity index (χ3v) is 3.95. The maximum atomic E-state index is 13.2. The molecule has 122 valence electrons. The van der Waals surface area contributed by atoms with Gasteiger partial charge in [-0.3, -0.25) is 9.69 Å². The molecule has 1 aromatic rings. The van der Waals surface area contributed by atoms with Gasteiger partial charge in [-0.1, -0.05) is 6.07 Å². The van der Waals surface area contributed by atoms with Crippen molar-refractivity contribution in [3.05, 3.63) is 35.4 Å². The largest absolute Gasteiger partial charge is 0.353 e. The van der Waals surface area contributed by atoms with Crippen LogP contribution in [0.4, 0.5) is 8.78 Å². The highest BCUT2D eigenvalue weighted by Gasteiger charge is 2.20. The molecule has 1 amide bonds. The average Bonchev–Trinajstić information content (AvgIpc) is 2.51. The van der Waals surface area contributed by atoms with E-state index in [0.717, 1.165) is 37.6 Å². The molecule has 1 heterocycles. The first-order valence-electron chi connectivity index (χ1n) is 7.74. The molecule has 4 nitrogen and oxygen atoms in total. The summed E-state index contributed by atoms with van der Waals surface area (Å²) in [5.74, 6) is -1.56. The van der Waals surface area contributed by atoms with Gasteiger partial charge < -0.3 is 11.1 Å². The van der Waals surface area contributed by atoms with Gasteiger partial charge in [0.25, 0.3) is 0 Å². The van der Waals surface area contributed by atoms with Crippen LogP contribution in [0, 0.1) is 11.6 Å². The van der Waals surface area contributed by atoms with Crippen LogP contribution < -0.4 is 11.1 Å². The number of carbonyl (C=O) groups is 1. The first kappa shape index (κ1) is 16.8. The predicted octanol–water partition coefficient (Wildman–Crippen LogP) is 1.78. The van der Waals surface area contributed by atoms with Gasteiger partial charge in [0.15, 0.2) is 11.6 Å². The molecule has 0 radical (unpaired) electrons. The number of nitrogens with two attached hydrogens (primary N) is 1. The molecule has 1 aliphatic rings. The van der Waals surface area contributed by atoms with Crippen LogP contribution in [0.1, 0.15) is 31.2 Å². The van der Waals surface area contributed by atoms with Crippen LogP contribution in [-0.2, 0) is 11.3 Å². The van der Waals surface area contributed by atoms with E-state index in [2.05, 4.69) is 10.2 Å². The highest BCUT2D eigenvalue weighted by atomic mass is 19.2. The second-order valence-corrected chi connectivity index (χ2v) is 5.76. The Morgan fingerprint density at radius 3 is 2.64 bits per heavy atom. The van der Waals surface area contributed by atoms with Crippen molar-refractivity contribution in [3.8, 4) is 0 Å². The molecule has 6 heteroatoms. The topological polar surface area (TPSA) is 58.4 Å². The summed E-state index contributed by atoms with van der Waals surface area (Å²) in [6, 6.07) is 4.22. The van der Waals surface area contributed by atoms with Crippen LogP contribution in [0.3, 0.4) is 0 Å². The first-order valence-corrected chi connectivity index (χ1v) is 7.74. The van der Waals surface area contributed by atoms with Gasteiger partial charge >= 0.3 is 0 Å². The minimum absolute atomic E-state index is 0.0597. The molecule has 1 aliphatic heterocycles. The van der Waals surface area contributed by atoms with Crippen LogP contribution in [0.2, 0.25) is 0 Å². The number of piperidine rings is 1. The zero-order valence-corrected chi connectivity index (χ0v) is 12.7. The summed E-state index contributed by atoms with van der Waals surface area (Å²) in [6.07, 6.45) is 2.93. The van der Waals surface area contributed by atoms with Crippen molar-refractivity contribution in [2.75, 3.05) is 19.6 Å². The van der Waals surface area contributed by atoms with Gasteiger partial charge in [0.2, 0.25) is 5.91 Å². The van der Waals surface area contributed by atoms with Crippen molar-refractivity contribution in [2.24, 2.45) is 5.73 Å². The number of halogens is 2. The third kappa shape index (κ3) is 5.03. The van der Waals surface area contributed by atoms with Crippen molar-refractivity contribution >= 4 is 5.91 Å². The fourth-order valence-electron chi connectivity index (χ4n) is 2.69. The smallest absolute Gasteiger partial charge is 0.220 e. The van der Waals surface area contributed by atoms with E-state index in [0.29, 0.717) is 25.9 Å². The molecule has 0 aliphatic carbocycles. The van der Waals surface area contributed by atoms with Crippen LogP contribution in [-0.4, -0.2) is 36.5 Å². The lowest BCUT2D eigenvalue weighted by Crippen LogP contribution is -2.44. The van der Waals surface area contributed by atoms with Crippen LogP contribution >= 0.6 is 0 Å². The lowest BCUT2D eigenvalue weighted by Gasteiger charge is -2.32. The molecule has 0 atom stereocenters. The van der Waals surface area contributed by atoms with Gasteiger partial charge in [0.1, 0.15) is 0 Å². The summed E-state index contributed by atoms with van der Waals surface area (Å²) in [6.45, 7) is 2.80. The Balaban J connectivity index is 1.75. The van der Waals surface area contributed by atoms with Crippen molar-refractivity contribution in [2.45, 2.75) is 38.3 Å². The molecule has 3 N–H and O–H groups in total. The molecule has 1 saturated heterocycles. The minimum Gasteiger partial charge on any atom is -0.353 e. The lowest BCUT2D eigenvalue weighted by molar-refractivity contribution is -0.122. The van der Waals surface area contributed by atoms with Crippen molar-refractivity contribution in [3.63, 3.8) is 0 Å². The number of likely N-dealkylation sites (tertiary alicyclic amines) is 1. The molecule has 0 unspecified atom stereocenters. The Hall–Kier alpha value is -1.53. The summed E-state index contributed by atoms with van der Waals surface area (Å²) >= 11 is 0. The van der Waals surface area contributed by atoms with E-state index in [4.69, 9.17) is 5.73 Å². The number of hydrogen-bond acceptors (Lipinski definition) is 3. The number of hydrogen-bond donors (Lipinski definition) is 2. The van der Waals surface area contributed by atoms with E-state index < -0.39 is 11.6 Å². The van der Waals surface area contributed by atoms with E-state index in [9.17, 15) is 13.6 Å². The third-order valence-electron chi connectivity index (χ3n) is 3.95. The van der Waals surface area contributed by atoms with Gasteiger partial charge in [-0.2, -0.15) is 0 Å². The first-order chi connectivity index (χ1) is 10.6. The summed E-state index contributed by atoms with van der Waals surface area (Å²) in [4.78, 5) is 13.8. The highest BCUT2D eigenvalue weighted by Crippen LogP contribution is 2.16. The molecule has 1 aromatic carbocycles. The molecular formula is C16H23F2N3O. The number of rotatable bonds is 6. The van der Waals surface area contributed by atoms with E-state index in [1.165, 1.54) is 6.07 Å². The van der Waals surface area contributed by atoms with Gasteiger partial charge in [-0.25, -0.2) is 8.78 Å². The molecule has 0 spiro atoms. The Kier molecular flexibility index (Phi) is 6.27. The molecule has 22 heavy (non-hydrogen) atoms. The summed E-state index contributed by atoms with van der Waals surface area (Å²) in [5.41, 5.74) is 6.15. The summed E-state index contributed by atoms with van der Waals surface area (Å²) < 4.78 is 26.1.